The first-order valence-electron chi connectivity index (χ1n) is 3.93. The Labute approximate surface area is 78.6 Å². The van der Waals surface area contributed by atoms with Gasteiger partial charge in [0.2, 0.25) is 0 Å². The lowest BCUT2D eigenvalue weighted by Crippen LogP contribution is -2.58. The number of hydrogen-bond donors (Lipinski definition) is 2. The van der Waals surface area contributed by atoms with Crippen molar-refractivity contribution < 1.29 is 22.7 Å². The summed E-state index contributed by atoms with van der Waals surface area (Å²) in [6, 6.07) is 0. The van der Waals surface area contributed by atoms with E-state index >= 15 is 0 Å². The average molecular weight is 212 g/mol. The van der Waals surface area contributed by atoms with E-state index in [0.29, 0.717) is 0 Å². The Bertz CT molecular complexity index is 264. The first-order chi connectivity index (χ1) is 6.11. The number of rotatable bonds is 1. The molecule has 0 aliphatic carbocycles. The van der Waals surface area contributed by atoms with E-state index in [1.165, 1.54) is 13.8 Å². The van der Waals surface area contributed by atoms with Gasteiger partial charge in [-0.1, -0.05) is 0 Å². The van der Waals surface area contributed by atoms with Crippen LogP contribution in [0.5, 0.6) is 0 Å². The van der Waals surface area contributed by atoms with Crippen molar-refractivity contribution >= 4 is 5.91 Å². The Balaban J connectivity index is 3.05. The predicted octanol–water partition coefficient (Wildman–Crippen LogP) is 0.129. The van der Waals surface area contributed by atoms with Crippen LogP contribution in [0.15, 0.2) is 0 Å². The first-order valence-corrected chi connectivity index (χ1v) is 3.93. The normalized spacial score (nSPS) is 31.8. The van der Waals surface area contributed by atoms with E-state index in [-0.39, 0.29) is 0 Å². The van der Waals surface area contributed by atoms with Gasteiger partial charge in [0, 0.05) is 6.54 Å². The Morgan fingerprint density at radius 3 is 2.14 bits per heavy atom. The number of carbonyl (C=O) groups is 1. The minimum absolute atomic E-state index is 0.654. The van der Waals surface area contributed by atoms with Gasteiger partial charge in [-0.3, -0.25) is 10.1 Å². The highest BCUT2D eigenvalue weighted by Crippen LogP contribution is 2.39. The molecule has 1 aliphatic heterocycles. The molecule has 0 radical (unpaired) electrons. The summed E-state index contributed by atoms with van der Waals surface area (Å²) in [7, 11) is 0. The van der Waals surface area contributed by atoms with E-state index in [1.807, 2.05) is 0 Å². The molecule has 0 aromatic carbocycles. The van der Waals surface area contributed by atoms with Crippen LogP contribution in [0.2, 0.25) is 0 Å². The number of carbonyl (C=O) groups excluding carboxylic acids is 1. The zero-order valence-corrected chi connectivity index (χ0v) is 7.73. The average Bonchev–Trinajstić information content (AvgIpc) is 2.25. The number of nitrogens with one attached hydrogen (secondary N) is 1. The van der Waals surface area contributed by atoms with E-state index in [1.54, 1.807) is 0 Å². The second-order valence-electron chi connectivity index (χ2n) is 3.65. The largest absolute Gasteiger partial charge is 0.427 e. The van der Waals surface area contributed by atoms with Crippen LogP contribution >= 0.6 is 0 Å². The van der Waals surface area contributed by atoms with Crippen LogP contribution in [0.3, 0.4) is 0 Å². The van der Waals surface area contributed by atoms with Crippen LogP contribution in [-0.2, 0) is 9.53 Å². The number of halogens is 3. The zero-order chi connectivity index (χ0) is 11.2. The van der Waals surface area contributed by atoms with Crippen LogP contribution in [0.1, 0.15) is 13.8 Å². The molecule has 1 saturated heterocycles. The number of ether oxygens (including phenoxy) is 1. The van der Waals surface area contributed by atoms with Crippen LogP contribution in [0, 0.1) is 0 Å². The second-order valence-corrected chi connectivity index (χ2v) is 3.65. The highest BCUT2D eigenvalue weighted by atomic mass is 19.4. The van der Waals surface area contributed by atoms with Gasteiger partial charge in [0.1, 0.15) is 5.72 Å². The minimum atomic E-state index is -4.81. The summed E-state index contributed by atoms with van der Waals surface area (Å²) in [5.41, 5.74) is 0.606. The lowest BCUT2D eigenvalue weighted by Gasteiger charge is -2.29. The molecular weight excluding hydrogens is 201 g/mol. The number of amides is 1. The molecule has 0 unspecified atom stereocenters. The minimum Gasteiger partial charge on any atom is -0.367 e. The maximum Gasteiger partial charge on any atom is 0.427 e. The van der Waals surface area contributed by atoms with Crippen LogP contribution in [0.4, 0.5) is 13.2 Å². The van der Waals surface area contributed by atoms with Gasteiger partial charge in [-0.25, -0.2) is 0 Å². The van der Waals surface area contributed by atoms with Gasteiger partial charge in [-0.2, -0.15) is 13.2 Å². The van der Waals surface area contributed by atoms with Crippen molar-refractivity contribution in [3.05, 3.63) is 0 Å². The molecule has 1 atom stereocenters. The maximum atomic E-state index is 12.5. The Kier molecular flexibility index (Phi) is 2.28. The van der Waals surface area contributed by atoms with E-state index in [0.717, 1.165) is 0 Å². The SMILES string of the molecule is CC1(C)NC[C@](C(N)=O)(C(F)(F)F)O1. The maximum absolute atomic E-state index is 12.5. The van der Waals surface area contributed by atoms with Crippen LogP contribution in [0.25, 0.3) is 0 Å². The first kappa shape index (κ1) is 11.3. The quantitative estimate of drug-likeness (QED) is 0.649. The smallest absolute Gasteiger partial charge is 0.367 e. The molecular formula is C7H11F3N2O2. The molecule has 3 N–H and O–H groups in total. The van der Waals surface area contributed by atoms with Gasteiger partial charge >= 0.3 is 6.18 Å². The van der Waals surface area contributed by atoms with Crippen molar-refractivity contribution in [2.45, 2.75) is 31.3 Å². The summed E-state index contributed by atoms with van der Waals surface area (Å²) in [6.07, 6.45) is -4.81. The predicted molar refractivity (Wildman–Crippen MR) is 41.1 cm³/mol. The topological polar surface area (TPSA) is 64.3 Å². The van der Waals surface area contributed by atoms with E-state index in [4.69, 9.17) is 5.73 Å². The second kappa shape index (κ2) is 2.83. The van der Waals surface area contributed by atoms with Crippen LogP contribution in [-0.4, -0.2) is 30.0 Å². The van der Waals surface area contributed by atoms with Gasteiger partial charge < -0.3 is 10.5 Å². The standard InChI is InChI=1S/C7H11F3N2O2/c1-5(2)12-3-6(14-5,4(11)13)7(8,9)10/h12H,3H2,1-2H3,(H2,11,13)/t6-/m0/s1. The molecule has 0 saturated carbocycles. The highest BCUT2D eigenvalue weighted by molar-refractivity contribution is 5.85. The van der Waals surface area contributed by atoms with Gasteiger partial charge in [0.05, 0.1) is 0 Å². The summed E-state index contributed by atoms with van der Waals surface area (Å²) in [5.74, 6) is -1.52. The summed E-state index contributed by atoms with van der Waals surface area (Å²) < 4.78 is 42.3. The molecule has 0 aromatic rings. The molecule has 0 spiro atoms. The molecule has 4 nitrogen and oxygen atoms in total. The van der Waals surface area contributed by atoms with Crippen molar-refractivity contribution in [3.63, 3.8) is 0 Å². The highest BCUT2D eigenvalue weighted by Gasteiger charge is 2.66. The van der Waals surface area contributed by atoms with Gasteiger partial charge in [-0.05, 0) is 13.8 Å². The third-order valence-electron chi connectivity index (χ3n) is 2.05. The van der Waals surface area contributed by atoms with Crippen molar-refractivity contribution in [2.75, 3.05) is 6.54 Å². The number of hydrogen-bond acceptors (Lipinski definition) is 3. The third-order valence-corrected chi connectivity index (χ3v) is 2.05. The summed E-state index contributed by atoms with van der Waals surface area (Å²) in [4.78, 5) is 10.8. The lowest BCUT2D eigenvalue weighted by molar-refractivity contribution is -0.266. The fourth-order valence-corrected chi connectivity index (χ4v) is 1.28. The summed E-state index contributed by atoms with van der Waals surface area (Å²) >= 11 is 0. The molecule has 1 aliphatic rings. The number of alkyl halides is 3. The Hall–Kier alpha value is -0.820. The monoisotopic (exact) mass is 212 g/mol. The van der Waals surface area contributed by atoms with Gasteiger partial charge in [-0.15, -0.1) is 0 Å². The zero-order valence-electron chi connectivity index (χ0n) is 7.73. The Morgan fingerprint density at radius 2 is 2.00 bits per heavy atom. The fourth-order valence-electron chi connectivity index (χ4n) is 1.28. The van der Waals surface area contributed by atoms with Crippen LogP contribution < -0.4 is 11.1 Å². The molecule has 7 heteroatoms. The summed E-state index contributed by atoms with van der Waals surface area (Å²) in [5, 5.41) is 2.43. The van der Waals surface area contributed by atoms with Gasteiger partial charge in [0.15, 0.2) is 0 Å². The molecule has 0 aromatic heterocycles. The van der Waals surface area contributed by atoms with E-state index in [9.17, 15) is 18.0 Å². The molecule has 1 amide bonds. The molecule has 0 bridgehead atoms. The number of primary amides is 1. The van der Waals surface area contributed by atoms with E-state index < -0.39 is 30.0 Å². The molecule has 1 fully saturated rings. The van der Waals surface area contributed by atoms with Crippen molar-refractivity contribution in [2.24, 2.45) is 5.73 Å². The van der Waals surface area contributed by atoms with Crippen molar-refractivity contribution in [1.82, 2.24) is 5.32 Å². The molecule has 1 heterocycles. The van der Waals surface area contributed by atoms with Crippen molar-refractivity contribution in [1.29, 1.82) is 0 Å². The molecule has 14 heavy (non-hydrogen) atoms. The van der Waals surface area contributed by atoms with E-state index in [2.05, 4.69) is 10.1 Å². The number of nitrogens with two attached hydrogens (primary N) is 1. The molecule has 1 rings (SSSR count). The molecule has 82 valence electrons. The van der Waals surface area contributed by atoms with Crippen molar-refractivity contribution in [3.8, 4) is 0 Å². The Morgan fingerprint density at radius 1 is 1.50 bits per heavy atom. The van der Waals surface area contributed by atoms with Gasteiger partial charge in [0.25, 0.3) is 11.5 Å². The lowest BCUT2D eigenvalue weighted by atomic mass is 10.0. The summed E-state index contributed by atoms with van der Waals surface area (Å²) in [6.45, 7) is 2.13. The fraction of sp³-hybridized carbons (Fsp3) is 0.857. The third kappa shape index (κ3) is 1.57.